The second-order valence-electron chi connectivity index (χ2n) is 4.73. The van der Waals surface area contributed by atoms with E-state index in [1.807, 2.05) is 30.3 Å². The fraction of sp³-hybridized carbons (Fsp3) is 0.250. The molecule has 0 spiro atoms. The van der Waals surface area contributed by atoms with Gasteiger partial charge in [0.15, 0.2) is 0 Å². The van der Waals surface area contributed by atoms with Crippen LogP contribution in [-0.4, -0.2) is 24.7 Å². The molecule has 0 fully saturated rings. The maximum Gasteiger partial charge on any atom is 0.409 e. The van der Waals surface area contributed by atoms with E-state index in [4.69, 9.17) is 9.47 Å². The quantitative estimate of drug-likeness (QED) is 0.921. The van der Waals surface area contributed by atoms with Gasteiger partial charge in [-0.3, -0.25) is 4.98 Å². The van der Waals surface area contributed by atoms with E-state index >= 15 is 0 Å². The predicted octanol–water partition coefficient (Wildman–Crippen LogP) is 2.68. The molecule has 5 heteroatoms. The first-order valence-electron chi connectivity index (χ1n) is 6.81. The SMILES string of the molecule is CNC(=O)OC1OCCc2cccc(-c3cccnc3)c21. The lowest BCUT2D eigenvalue weighted by Gasteiger charge is -2.27. The Morgan fingerprint density at radius 2 is 2.29 bits per heavy atom. The zero-order chi connectivity index (χ0) is 14.7. The fourth-order valence-corrected chi connectivity index (χ4v) is 2.49. The Labute approximate surface area is 122 Å². The number of pyridine rings is 1. The number of rotatable bonds is 2. The summed E-state index contributed by atoms with van der Waals surface area (Å²) in [7, 11) is 1.53. The van der Waals surface area contributed by atoms with Gasteiger partial charge in [-0.1, -0.05) is 24.3 Å². The molecule has 1 aromatic heterocycles. The lowest BCUT2D eigenvalue weighted by molar-refractivity contribution is -0.114. The van der Waals surface area contributed by atoms with Crippen molar-refractivity contribution in [3.8, 4) is 11.1 Å². The second-order valence-corrected chi connectivity index (χ2v) is 4.73. The second kappa shape index (κ2) is 5.93. The molecule has 0 aliphatic carbocycles. The Hall–Kier alpha value is -2.40. The number of hydrogen-bond acceptors (Lipinski definition) is 4. The summed E-state index contributed by atoms with van der Waals surface area (Å²) < 4.78 is 11.0. The van der Waals surface area contributed by atoms with E-state index < -0.39 is 12.4 Å². The number of carbonyl (C=O) groups excluding carboxylic acids is 1. The zero-order valence-electron chi connectivity index (χ0n) is 11.7. The maximum absolute atomic E-state index is 11.5. The molecule has 1 atom stereocenters. The Bertz CT molecular complexity index is 643. The van der Waals surface area contributed by atoms with Gasteiger partial charge in [0.2, 0.25) is 6.29 Å². The standard InChI is InChI=1S/C16H16N2O3/c1-17-16(19)21-15-14-11(7-9-20-15)4-2-6-13(14)12-5-3-8-18-10-12/h2-6,8,10,15H,7,9H2,1H3,(H,17,19). The molecule has 3 rings (SSSR count). The fourth-order valence-electron chi connectivity index (χ4n) is 2.49. The van der Waals surface area contributed by atoms with Crippen molar-refractivity contribution in [1.29, 1.82) is 0 Å². The molecule has 0 radical (unpaired) electrons. The Kier molecular flexibility index (Phi) is 3.83. The smallest absolute Gasteiger partial charge is 0.409 e. The summed E-state index contributed by atoms with van der Waals surface area (Å²) >= 11 is 0. The molecule has 21 heavy (non-hydrogen) atoms. The number of ether oxygens (including phenoxy) is 2. The minimum absolute atomic E-state index is 0.506. The van der Waals surface area contributed by atoms with Crippen molar-refractivity contribution in [2.75, 3.05) is 13.7 Å². The number of fused-ring (bicyclic) bond motifs is 1. The highest BCUT2D eigenvalue weighted by Crippen LogP contribution is 2.36. The monoisotopic (exact) mass is 284 g/mol. The number of aromatic nitrogens is 1. The van der Waals surface area contributed by atoms with Gasteiger partial charge >= 0.3 is 6.09 Å². The van der Waals surface area contributed by atoms with Gasteiger partial charge in [-0.15, -0.1) is 0 Å². The molecular weight excluding hydrogens is 268 g/mol. The molecule has 0 saturated carbocycles. The van der Waals surface area contributed by atoms with Crippen molar-refractivity contribution >= 4 is 6.09 Å². The van der Waals surface area contributed by atoms with Crippen LogP contribution < -0.4 is 5.32 Å². The summed E-state index contributed by atoms with van der Waals surface area (Å²) in [5, 5.41) is 2.45. The van der Waals surface area contributed by atoms with Crippen LogP contribution in [0.1, 0.15) is 17.4 Å². The first-order valence-corrected chi connectivity index (χ1v) is 6.81. The molecular formula is C16H16N2O3. The van der Waals surface area contributed by atoms with Crippen LogP contribution in [0, 0.1) is 0 Å². The third kappa shape index (κ3) is 2.73. The molecule has 1 N–H and O–H groups in total. The number of alkyl carbamates (subject to hydrolysis) is 1. The van der Waals surface area contributed by atoms with Crippen molar-refractivity contribution < 1.29 is 14.3 Å². The predicted molar refractivity (Wildman–Crippen MR) is 77.6 cm³/mol. The maximum atomic E-state index is 11.5. The normalized spacial score (nSPS) is 16.9. The van der Waals surface area contributed by atoms with Gasteiger partial charge in [-0.2, -0.15) is 0 Å². The number of hydrogen-bond donors (Lipinski definition) is 1. The van der Waals surface area contributed by atoms with E-state index in [1.54, 1.807) is 12.4 Å². The molecule has 1 aromatic carbocycles. The molecule has 0 bridgehead atoms. The van der Waals surface area contributed by atoms with E-state index in [-0.39, 0.29) is 0 Å². The summed E-state index contributed by atoms with van der Waals surface area (Å²) in [5.41, 5.74) is 4.00. The largest absolute Gasteiger partial charge is 0.415 e. The summed E-state index contributed by atoms with van der Waals surface area (Å²) in [6, 6.07) is 9.90. The molecule has 1 unspecified atom stereocenters. The van der Waals surface area contributed by atoms with Gasteiger partial charge in [0, 0.05) is 30.6 Å². The average Bonchev–Trinajstić information content (AvgIpc) is 2.55. The molecule has 2 aromatic rings. The number of nitrogens with zero attached hydrogens (tertiary/aromatic N) is 1. The lowest BCUT2D eigenvalue weighted by atomic mass is 9.93. The third-order valence-corrected chi connectivity index (χ3v) is 3.46. The Morgan fingerprint density at radius 1 is 1.38 bits per heavy atom. The van der Waals surface area contributed by atoms with Crippen LogP contribution in [0.25, 0.3) is 11.1 Å². The van der Waals surface area contributed by atoms with Gasteiger partial charge in [0.1, 0.15) is 0 Å². The molecule has 0 saturated heterocycles. The van der Waals surface area contributed by atoms with Crippen LogP contribution in [0.15, 0.2) is 42.7 Å². The molecule has 1 aliphatic heterocycles. The van der Waals surface area contributed by atoms with Crippen LogP contribution in [-0.2, 0) is 15.9 Å². The highest BCUT2D eigenvalue weighted by atomic mass is 16.7. The van der Waals surface area contributed by atoms with Crippen molar-refractivity contribution in [3.05, 3.63) is 53.9 Å². The summed E-state index contributed by atoms with van der Waals surface area (Å²) in [4.78, 5) is 15.7. The molecule has 2 heterocycles. The van der Waals surface area contributed by atoms with Gasteiger partial charge in [-0.25, -0.2) is 4.79 Å². The van der Waals surface area contributed by atoms with E-state index in [0.717, 1.165) is 28.7 Å². The molecule has 5 nitrogen and oxygen atoms in total. The summed E-state index contributed by atoms with van der Waals surface area (Å²) in [6.07, 6.45) is 3.13. The van der Waals surface area contributed by atoms with Crippen molar-refractivity contribution in [2.45, 2.75) is 12.7 Å². The van der Waals surface area contributed by atoms with Crippen LogP contribution in [0.2, 0.25) is 0 Å². The zero-order valence-corrected chi connectivity index (χ0v) is 11.7. The van der Waals surface area contributed by atoms with Crippen molar-refractivity contribution in [2.24, 2.45) is 0 Å². The first-order chi connectivity index (χ1) is 10.3. The number of amides is 1. The lowest BCUT2D eigenvalue weighted by Crippen LogP contribution is -2.27. The van der Waals surface area contributed by atoms with Crippen LogP contribution >= 0.6 is 0 Å². The Balaban J connectivity index is 2.05. The van der Waals surface area contributed by atoms with Gasteiger partial charge in [0.25, 0.3) is 0 Å². The van der Waals surface area contributed by atoms with Crippen LogP contribution in [0.5, 0.6) is 0 Å². The van der Waals surface area contributed by atoms with E-state index in [1.165, 1.54) is 7.05 Å². The van der Waals surface area contributed by atoms with Gasteiger partial charge < -0.3 is 14.8 Å². The van der Waals surface area contributed by atoms with Gasteiger partial charge in [0.05, 0.1) is 6.61 Å². The van der Waals surface area contributed by atoms with Crippen LogP contribution in [0.4, 0.5) is 4.79 Å². The highest BCUT2D eigenvalue weighted by molar-refractivity contribution is 5.71. The average molecular weight is 284 g/mol. The minimum Gasteiger partial charge on any atom is -0.415 e. The number of nitrogens with one attached hydrogen (secondary N) is 1. The number of carbonyl (C=O) groups is 1. The van der Waals surface area contributed by atoms with E-state index in [9.17, 15) is 4.79 Å². The minimum atomic E-state index is -0.690. The highest BCUT2D eigenvalue weighted by Gasteiger charge is 2.27. The molecule has 108 valence electrons. The topological polar surface area (TPSA) is 60.5 Å². The third-order valence-electron chi connectivity index (χ3n) is 3.46. The van der Waals surface area contributed by atoms with E-state index in [0.29, 0.717) is 6.61 Å². The summed E-state index contributed by atoms with van der Waals surface area (Å²) in [5.74, 6) is 0. The molecule has 1 amide bonds. The summed E-state index contributed by atoms with van der Waals surface area (Å²) in [6.45, 7) is 0.533. The van der Waals surface area contributed by atoms with Crippen molar-refractivity contribution in [1.82, 2.24) is 10.3 Å². The Morgan fingerprint density at radius 3 is 3.05 bits per heavy atom. The van der Waals surface area contributed by atoms with Crippen LogP contribution in [0.3, 0.4) is 0 Å². The number of benzene rings is 1. The van der Waals surface area contributed by atoms with E-state index in [2.05, 4.69) is 10.3 Å². The van der Waals surface area contributed by atoms with Gasteiger partial charge in [-0.05, 0) is 23.6 Å². The first kappa shape index (κ1) is 13.6. The molecule has 1 aliphatic rings. The van der Waals surface area contributed by atoms with Crippen molar-refractivity contribution in [3.63, 3.8) is 0 Å².